The van der Waals surface area contributed by atoms with Gasteiger partial charge in [-0.25, -0.2) is 4.39 Å². The summed E-state index contributed by atoms with van der Waals surface area (Å²) in [6, 6.07) is 11.9. The summed E-state index contributed by atoms with van der Waals surface area (Å²) in [6.07, 6.45) is 0. The van der Waals surface area contributed by atoms with Gasteiger partial charge in [0.25, 0.3) is 11.8 Å². The Morgan fingerprint density at radius 1 is 1.04 bits per heavy atom. The van der Waals surface area contributed by atoms with Gasteiger partial charge in [0.15, 0.2) is 5.11 Å². The lowest BCUT2D eigenvalue weighted by atomic mass is 10.1. The minimum Gasteiger partial charge on any atom is -0.352 e. The zero-order valence-corrected chi connectivity index (χ0v) is 13.7. The summed E-state index contributed by atoms with van der Waals surface area (Å²) in [5.41, 5.74) is 1.17. The van der Waals surface area contributed by atoms with Crippen molar-refractivity contribution in [1.82, 2.24) is 10.6 Å². The molecule has 0 radical (unpaired) electrons. The molecule has 2 rings (SSSR count). The quantitative estimate of drug-likeness (QED) is 0.745. The van der Waals surface area contributed by atoms with E-state index >= 15 is 0 Å². The van der Waals surface area contributed by atoms with Gasteiger partial charge in [0, 0.05) is 12.1 Å². The molecule has 0 aromatic heterocycles. The fraction of sp³-hybridized carbons (Fsp3) is 0.118. The average Bonchev–Trinajstić information content (AvgIpc) is 2.56. The summed E-state index contributed by atoms with van der Waals surface area (Å²) < 4.78 is 12.9. The lowest BCUT2D eigenvalue weighted by Gasteiger charge is -2.13. The molecule has 0 unspecified atom stereocenters. The highest BCUT2D eigenvalue weighted by Gasteiger charge is 2.13. The number of para-hydroxylation sites is 1. The Morgan fingerprint density at radius 2 is 1.71 bits per heavy atom. The van der Waals surface area contributed by atoms with Gasteiger partial charge in [0.05, 0.1) is 11.3 Å². The van der Waals surface area contributed by atoms with Crippen LogP contribution >= 0.6 is 12.2 Å². The van der Waals surface area contributed by atoms with E-state index in [0.29, 0.717) is 17.8 Å². The second-order valence-corrected chi connectivity index (χ2v) is 5.23. The van der Waals surface area contributed by atoms with Crippen LogP contribution in [0.5, 0.6) is 0 Å². The van der Waals surface area contributed by atoms with E-state index in [4.69, 9.17) is 12.2 Å². The van der Waals surface area contributed by atoms with Crippen LogP contribution in [0.1, 0.15) is 27.6 Å². The number of halogens is 1. The Morgan fingerprint density at radius 3 is 2.38 bits per heavy atom. The van der Waals surface area contributed by atoms with Crippen molar-refractivity contribution in [3.8, 4) is 0 Å². The van der Waals surface area contributed by atoms with E-state index in [2.05, 4.69) is 16.0 Å². The predicted molar refractivity (Wildman–Crippen MR) is 94.5 cm³/mol. The van der Waals surface area contributed by atoms with Crippen molar-refractivity contribution in [2.24, 2.45) is 0 Å². The van der Waals surface area contributed by atoms with Gasteiger partial charge >= 0.3 is 0 Å². The molecule has 24 heavy (non-hydrogen) atoms. The monoisotopic (exact) mass is 345 g/mol. The maximum Gasteiger partial charge on any atom is 0.257 e. The first-order valence-corrected chi connectivity index (χ1v) is 7.67. The van der Waals surface area contributed by atoms with Gasteiger partial charge in [0.1, 0.15) is 5.82 Å². The van der Waals surface area contributed by atoms with Gasteiger partial charge in [-0.3, -0.25) is 14.9 Å². The highest BCUT2D eigenvalue weighted by molar-refractivity contribution is 7.80. The highest BCUT2D eigenvalue weighted by atomic mass is 32.1. The molecule has 0 saturated carbocycles. The van der Waals surface area contributed by atoms with E-state index in [1.165, 1.54) is 24.3 Å². The molecule has 0 aliphatic rings. The summed E-state index contributed by atoms with van der Waals surface area (Å²) in [6.45, 7) is 2.32. The number of carbonyl (C=O) groups excluding carboxylic acids is 2. The Bertz CT molecular complexity index is 763. The van der Waals surface area contributed by atoms with Crippen LogP contribution in [0.15, 0.2) is 48.5 Å². The molecule has 0 bridgehead atoms. The topological polar surface area (TPSA) is 70.2 Å². The molecular formula is C17H16FN3O2S. The van der Waals surface area contributed by atoms with Crippen LogP contribution in [0, 0.1) is 5.82 Å². The Hall–Kier alpha value is -2.80. The van der Waals surface area contributed by atoms with Crippen LogP contribution in [-0.2, 0) is 0 Å². The van der Waals surface area contributed by atoms with E-state index in [0.717, 1.165) is 0 Å². The van der Waals surface area contributed by atoms with E-state index in [1.54, 1.807) is 24.3 Å². The summed E-state index contributed by atoms with van der Waals surface area (Å²) in [4.78, 5) is 24.0. The Balaban J connectivity index is 2.06. The molecule has 5 nitrogen and oxygen atoms in total. The van der Waals surface area contributed by atoms with Crippen LogP contribution in [-0.4, -0.2) is 23.5 Å². The van der Waals surface area contributed by atoms with E-state index < -0.39 is 11.7 Å². The molecule has 2 aromatic carbocycles. The molecule has 3 N–H and O–H groups in total. The number of rotatable bonds is 4. The van der Waals surface area contributed by atoms with Gasteiger partial charge in [-0.1, -0.05) is 12.1 Å². The number of nitrogens with one attached hydrogen (secondary N) is 3. The number of hydrogen-bond donors (Lipinski definition) is 3. The van der Waals surface area contributed by atoms with Crippen LogP contribution in [0.4, 0.5) is 10.1 Å². The maximum atomic E-state index is 12.9. The van der Waals surface area contributed by atoms with Crippen molar-refractivity contribution in [1.29, 1.82) is 0 Å². The van der Waals surface area contributed by atoms with Gasteiger partial charge < -0.3 is 10.6 Å². The predicted octanol–water partition coefficient (Wildman–Crippen LogP) is 2.70. The summed E-state index contributed by atoms with van der Waals surface area (Å²) in [7, 11) is 0. The van der Waals surface area contributed by atoms with Gasteiger partial charge in [-0.15, -0.1) is 0 Å². The zero-order chi connectivity index (χ0) is 17.5. The van der Waals surface area contributed by atoms with Crippen molar-refractivity contribution in [3.05, 3.63) is 65.5 Å². The first kappa shape index (κ1) is 17.6. The number of carbonyl (C=O) groups is 2. The molecule has 0 aliphatic heterocycles. The largest absolute Gasteiger partial charge is 0.352 e. The van der Waals surface area contributed by atoms with Crippen molar-refractivity contribution in [2.75, 3.05) is 11.9 Å². The summed E-state index contributed by atoms with van der Waals surface area (Å²) in [5.74, 6) is -1.14. The lowest BCUT2D eigenvalue weighted by molar-refractivity contribution is 0.0954. The molecule has 0 saturated heterocycles. The first-order valence-electron chi connectivity index (χ1n) is 7.26. The number of benzene rings is 2. The van der Waals surface area contributed by atoms with E-state index in [1.807, 2.05) is 6.92 Å². The molecule has 2 amide bonds. The van der Waals surface area contributed by atoms with Crippen LogP contribution in [0.3, 0.4) is 0 Å². The van der Waals surface area contributed by atoms with Crippen molar-refractivity contribution >= 4 is 34.8 Å². The van der Waals surface area contributed by atoms with E-state index in [9.17, 15) is 14.0 Å². The normalized spacial score (nSPS) is 9.92. The smallest absolute Gasteiger partial charge is 0.257 e. The van der Waals surface area contributed by atoms with Gasteiger partial charge in [0.2, 0.25) is 0 Å². The second-order valence-electron chi connectivity index (χ2n) is 4.82. The third-order valence-electron chi connectivity index (χ3n) is 3.09. The second kappa shape index (κ2) is 8.16. The molecule has 0 fully saturated rings. The van der Waals surface area contributed by atoms with Crippen molar-refractivity contribution < 1.29 is 14.0 Å². The maximum absolute atomic E-state index is 12.9. The number of anilines is 1. The van der Waals surface area contributed by atoms with Crippen LogP contribution < -0.4 is 16.0 Å². The molecular weight excluding hydrogens is 329 g/mol. The van der Waals surface area contributed by atoms with Crippen LogP contribution in [0.2, 0.25) is 0 Å². The summed E-state index contributed by atoms with van der Waals surface area (Å²) in [5, 5.41) is 8.06. The molecule has 0 spiro atoms. The van der Waals surface area contributed by atoms with Crippen LogP contribution in [0.25, 0.3) is 0 Å². The Labute approximate surface area is 144 Å². The minimum absolute atomic E-state index is 0.0427. The minimum atomic E-state index is -0.469. The Kier molecular flexibility index (Phi) is 5.97. The molecule has 2 aromatic rings. The average molecular weight is 345 g/mol. The first-order chi connectivity index (χ1) is 11.5. The summed E-state index contributed by atoms with van der Waals surface area (Å²) >= 11 is 5.10. The number of hydrogen-bond acceptors (Lipinski definition) is 3. The molecule has 0 heterocycles. The van der Waals surface area contributed by atoms with Gasteiger partial charge in [-0.05, 0) is 55.5 Å². The third kappa shape index (κ3) is 4.60. The fourth-order valence-electron chi connectivity index (χ4n) is 1.98. The zero-order valence-electron chi connectivity index (χ0n) is 12.9. The number of thiocarbonyl (C=S) groups is 1. The van der Waals surface area contributed by atoms with Gasteiger partial charge in [-0.2, -0.15) is 0 Å². The SMILES string of the molecule is CCNC(=O)c1ccccc1NC(=S)NC(=O)c1ccc(F)cc1. The molecule has 0 atom stereocenters. The highest BCUT2D eigenvalue weighted by Crippen LogP contribution is 2.15. The van der Waals surface area contributed by atoms with E-state index in [-0.39, 0.29) is 16.6 Å². The lowest BCUT2D eigenvalue weighted by Crippen LogP contribution is -2.35. The van der Waals surface area contributed by atoms with Crippen molar-refractivity contribution in [2.45, 2.75) is 6.92 Å². The standard InChI is InChI=1S/C17H16FN3O2S/c1-2-19-16(23)13-5-3-4-6-14(13)20-17(24)21-15(22)11-7-9-12(18)10-8-11/h3-10H,2H2,1H3,(H,19,23)(H2,20,21,22,24). The van der Waals surface area contributed by atoms with Crippen molar-refractivity contribution in [3.63, 3.8) is 0 Å². The molecule has 0 aliphatic carbocycles. The molecule has 124 valence electrons. The fourth-order valence-corrected chi connectivity index (χ4v) is 2.18. The molecule has 7 heteroatoms. The number of amides is 2. The third-order valence-corrected chi connectivity index (χ3v) is 3.29.